The van der Waals surface area contributed by atoms with Crippen LogP contribution in [0.15, 0.2) is 54.6 Å². The lowest BCUT2D eigenvalue weighted by atomic mass is 10.2. The van der Waals surface area contributed by atoms with E-state index in [0.717, 1.165) is 19.6 Å². The van der Waals surface area contributed by atoms with Gasteiger partial charge in [-0.05, 0) is 12.1 Å². The fourth-order valence-electron chi connectivity index (χ4n) is 3.14. The number of amides is 2. The van der Waals surface area contributed by atoms with Crippen molar-refractivity contribution in [3.8, 4) is 0 Å². The fraction of sp³-hybridized carbons (Fsp3) is 0.300. The van der Waals surface area contributed by atoms with E-state index in [2.05, 4.69) is 29.6 Å². The Hall–Kier alpha value is -2.37. The highest BCUT2D eigenvalue weighted by Crippen LogP contribution is 2.14. The number of carbonyl (C=O) groups is 2. The number of benzene rings is 2. The zero-order valence-corrected chi connectivity index (χ0v) is 15.3. The minimum Gasteiger partial charge on any atom is -0.343 e. The molecule has 1 aliphatic rings. The smallest absolute Gasteiger partial charge is 0.253 e. The van der Waals surface area contributed by atoms with Crippen LogP contribution in [-0.4, -0.2) is 49.4 Å². The molecule has 2 aromatic rings. The van der Waals surface area contributed by atoms with E-state index in [1.165, 1.54) is 10.5 Å². The number of quaternary nitrogens is 1. The maximum atomic E-state index is 12.4. The molecule has 26 heavy (non-hydrogen) atoms. The van der Waals surface area contributed by atoms with Gasteiger partial charge in [-0.25, -0.2) is 0 Å². The van der Waals surface area contributed by atoms with Gasteiger partial charge in [0.1, 0.15) is 6.54 Å². The predicted molar refractivity (Wildman–Crippen MR) is 101 cm³/mol. The van der Waals surface area contributed by atoms with Gasteiger partial charge in [0, 0.05) is 5.56 Å². The van der Waals surface area contributed by atoms with Crippen LogP contribution in [0.2, 0.25) is 5.02 Å². The van der Waals surface area contributed by atoms with E-state index in [1.54, 1.807) is 24.3 Å². The molecule has 6 heteroatoms. The number of nitrogens with zero attached hydrogens (tertiary/aromatic N) is 1. The normalized spacial score (nSPS) is 14.9. The quantitative estimate of drug-likeness (QED) is 0.822. The van der Waals surface area contributed by atoms with Crippen molar-refractivity contribution in [2.75, 3.05) is 32.7 Å². The lowest BCUT2D eigenvalue weighted by Crippen LogP contribution is -3.13. The highest BCUT2D eigenvalue weighted by molar-refractivity contribution is 6.33. The minimum absolute atomic E-state index is 0.00191. The van der Waals surface area contributed by atoms with Crippen molar-refractivity contribution in [2.24, 2.45) is 0 Å². The van der Waals surface area contributed by atoms with Crippen molar-refractivity contribution < 1.29 is 14.5 Å². The van der Waals surface area contributed by atoms with Crippen molar-refractivity contribution >= 4 is 23.4 Å². The molecule has 2 aromatic carbocycles. The first kappa shape index (κ1) is 18.4. The van der Waals surface area contributed by atoms with Crippen molar-refractivity contribution in [3.63, 3.8) is 0 Å². The van der Waals surface area contributed by atoms with Gasteiger partial charge in [0.15, 0.2) is 0 Å². The molecule has 2 N–H and O–H groups in total. The Labute approximate surface area is 158 Å². The van der Waals surface area contributed by atoms with E-state index in [9.17, 15) is 9.59 Å². The van der Waals surface area contributed by atoms with Crippen molar-refractivity contribution in [1.82, 2.24) is 10.2 Å². The van der Waals surface area contributed by atoms with Crippen LogP contribution in [-0.2, 0) is 11.3 Å². The Morgan fingerprint density at radius 2 is 1.65 bits per heavy atom. The summed E-state index contributed by atoms with van der Waals surface area (Å²) in [5.74, 6) is -0.374. The summed E-state index contributed by atoms with van der Waals surface area (Å²) in [6.45, 7) is 4.23. The van der Waals surface area contributed by atoms with Gasteiger partial charge in [0.05, 0.1) is 43.3 Å². The summed E-state index contributed by atoms with van der Waals surface area (Å²) in [6, 6.07) is 17.2. The predicted octanol–water partition coefficient (Wildman–Crippen LogP) is 0.997. The molecule has 136 valence electrons. The lowest BCUT2D eigenvalue weighted by Gasteiger charge is -2.32. The van der Waals surface area contributed by atoms with Crippen LogP contribution in [0, 0.1) is 0 Å². The minimum atomic E-state index is -0.322. The summed E-state index contributed by atoms with van der Waals surface area (Å²) < 4.78 is 0. The Kier molecular flexibility index (Phi) is 6.26. The van der Waals surface area contributed by atoms with Gasteiger partial charge in [-0.2, -0.15) is 0 Å². The molecule has 0 aromatic heterocycles. The van der Waals surface area contributed by atoms with E-state index in [4.69, 9.17) is 11.6 Å². The molecular weight excluding hydrogens is 350 g/mol. The summed E-state index contributed by atoms with van der Waals surface area (Å²) in [4.78, 5) is 27.8. The number of piperazine rings is 1. The van der Waals surface area contributed by atoms with E-state index in [-0.39, 0.29) is 18.4 Å². The van der Waals surface area contributed by atoms with Gasteiger partial charge < -0.3 is 15.1 Å². The molecule has 2 amide bonds. The molecule has 1 fully saturated rings. The van der Waals surface area contributed by atoms with Gasteiger partial charge in [0.2, 0.25) is 5.91 Å². The Balaban J connectivity index is 1.44. The molecule has 0 radical (unpaired) electrons. The molecule has 1 heterocycles. The zero-order chi connectivity index (χ0) is 18.4. The lowest BCUT2D eigenvalue weighted by molar-refractivity contribution is -0.917. The summed E-state index contributed by atoms with van der Waals surface area (Å²) in [5, 5.41) is 3.05. The van der Waals surface area contributed by atoms with Crippen LogP contribution in [0.5, 0.6) is 0 Å². The van der Waals surface area contributed by atoms with Crippen LogP contribution in [0.3, 0.4) is 0 Å². The van der Waals surface area contributed by atoms with Gasteiger partial charge in [-0.1, -0.05) is 54.1 Å². The fourth-order valence-corrected chi connectivity index (χ4v) is 3.36. The summed E-state index contributed by atoms with van der Waals surface area (Å²) in [6.07, 6.45) is 0. The maximum Gasteiger partial charge on any atom is 0.253 e. The molecule has 1 aliphatic heterocycles. The van der Waals surface area contributed by atoms with Gasteiger partial charge in [-0.15, -0.1) is 0 Å². The van der Waals surface area contributed by atoms with Crippen LogP contribution in [0.25, 0.3) is 0 Å². The third kappa shape index (κ3) is 4.84. The topological polar surface area (TPSA) is 53.9 Å². The van der Waals surface area contributed by atoms with Crippen LogP contribution < -0.4 is 10.2 Å². The molecule has 5 nitrogen and oxygen atoms in total. The Morgan fingerprint density at radius 1 is 1.00 bits per heavy atom. The highest BCUT2D eigenvalue weighted by atomic mass is 35.5. The average molecular weight is 373 g/mol. The monoisotopic (exact) mass is 372 g/mol. The summed E-state index contributed by atoms with van der Waals surface area (Å²) in [5.41, 5.74) is 1.70. The molecule has 1 saturated heterocycles. The third-order valence-corrected chi connectivity index (χ3v) is 4.97. The van der Waals surface area contributed by atoms with Crippen LogP contribution >= 0.6 is 11.6 Å². The van der Waals surface area contributed by atoms with Crippen molar-refractivity contribution in [3.05, 3.63) is 70.7 Å². The first-order chi connectivity index (χ1) is 12.6. The van der Waals surface area contributed by atoms with Crippen LogP contribution in [0.4, 0.5) is 0 Å². The van der Waals surface area contributed by atoms with E-state index < -0.39 is 0 Å². The molecule has 3 rings (SSSR count). The zero-order valence-electron chi connectivity index (χ0n) is 14.6. The number of hydrogen-bond acceptors (Lipinski definition) is 2. The van der Waals surface area contributed by atoms with Crippen molar-refractivity contribution in [2.45, 2.75) is 6.54 Å². The SMILES string of the molecule is O=C(NCC(=O)N1CC[NH+](Cc2ccccc2)CC1)c1ccccc1Cl. The number of rotatable bonds is 5. The van der Waals surface area contributed by atoms with Crippen LogP contribution in [0.1, 0.15) is 15.9 Å². The van der Waals surface area contributed by atoms with Gasteiger partial charge >= 0.3 is 0 Å². The first-order valence-corrected chi connectivity index (χ1v) is 9.19. The number of nitrogens with one attached hydrogen (secondary N) is 2. The Bertz CT molecular complexity index is 759. The van der Waals surface area contributed by atoms with E-state index >= 15 is 0 Å². The molecule has 0 atom stereocenters. The second kappa shape index (κ2) is 8.83. The standard InChI is InChI=1S/C20H22ClN3O2/c21-18-9-5-4-8-17(18)20(26)22-14-19(25)24-12-10-23(11-13-24)15-16-6-2-1-3-7-16/h1-9H,10-15H2,(H,22,26)/p+1. The molecule has 0 aliphatic carbocycles. The number of carbonyl (C=O) groups excluding carboxylic acids is 2. The van der Waals surface area contributed by atoms with Gasteiger partial charge in [-0.3, -0.25) is 9.59 Å². The first-order valence-electron chi connectivity index (χ1n) is 8.81. The number of hydrogen-bond donors (Lipinski definition) is 2. The number of halogens is 1. The maximum absolute atomic E-state index is 12.4. The average Bonchev–Trinajstić information content (AvgIpc) is 2.67. The summed E-state index contributed by atoms with van der Waals surface area (Å²) in [7, 11) is 0. The molecule has 0 unspecified atom stereocenters. The molecule has 0 bridgehead atoms. The third-order valence-electron chi connectivity index (χ3n) is 4.64. The highest BCUT2D eigenvalue weighted by Gasteiger charge is 2.24. The second-order valence-electron chi connectivity index (χ2n) is 6.46. The van der Waals surface area contributed by atoms with E-state index in [1.807, 2.05) is 11.0 Å². The second-order valence-corrected chi connectivity index (χ2v) is 6.86. The Morgan fingerprint density at radius 3 is 2.35 bits per heavy atom. The largest absolute Gasteiger partial charge is 0.343 e. The van der Waals surface area contributed by atoms with Gasteiger partial charge in [0.25, 0.3) is 5.91 Å². The molecule has 0 saturated carbocycles. The molecular formula is C20H23ClN3O2+. The van der Waals surface area contributed by atoms with Crippen molar-refractivity contribution in [1.29, 1.82) is 0 Å². The molecule has 0 spiro atoms. The van der Waals surface area contributed by atoms with E-state index in [0.29, 0.717) is 23.7 Å². The summed E-state index contributed by atoms with van der Waals surface area (Å²) >= 11 is 6.01.